The molecule has 1 radical (unpaired) electrons. The fraction of sp³-hybridized carbons (Fsp3) is 0.0909. The van der Waals surface area contributed by atoms with Gasteiger partial charge in [0.25, 0.3) is 0 Å². The Labute approximate surface area is 295 Å². The fourth-order valence-corrected chi connectivity index (χ4v) is 6.01. The van der Waals surface area contributed by atoms with Crippen molar-refractivity contribution in [3.63, 3.8) is 0 Å². The second kappa shape index (κ2) is 14.3. The minimum Gasteiger partial charge on any atom is -0.501 e. The number of fused-ring (bicyclic) bond motifs is 3. The van der Waals surface area contributed by atoms with E-state index in [0.717, 1.165) is 50.0 Å². The molecule has 237 valence electrons. The molecule has 0 unspecified atom stereocenters. The van der Waals surface area contributed by atoms with E-state index in [0.29, 0.717) is 0 Å². The van der Waals surface area contributed by atoms with E-state index in [1.165, 1.54) is 22.3 Å². The first kappa shape index (κ1) is 32.8. The van der Waals surface area contributed by atoms with Crippen LogP contribution in [0.3, 0.4) is 0 Å². The molecule has 48 heavy (non-hydrogen) atoms. The third-order valence-corrected chi connectivity index (χ3v) is 8.74. The van der Waals surface area contributed by atoms with Crippen LogP contribution in [-0.2, 0) is 25.5 Å². The van der Waals surface area contributed by atoms with Gasteiger partial charge in [-0.2, -0.15) is 0 Å². The first-order valence-electron chi connectivity index (χ1n) is 15.8. The van der Waals surface area contributed by atoms with Crippen molar-refractivity contribution < 1.29 is 24.5 Å². The summed E-state index contributed by atoms with van der Waals surface area (Å²) in [4.78, 5) is 9.15. The van der Waals surface area contributed by atoms with Crippen LogP contribution in [0.25, 0.3) is 55.6 Å². The van der Waals surface area contributed by atoms with E-state index in [1.807, 2.05) is 67.0 Å². The Bertz CT molecular complexity index is 2280. The molecule has 3 heterocycles. The van der Waals surface area contributed by atoms with Gasteiger partial charge in [-0.3, -0.25) is 0 Å². The van der Waals surface area contributed by atoms with Crippen LogP contribution < -0.4 is 0 Å². The molecule has 4 heteroatoms. The Morgan fingerprint density at radius 1 is 0.625 bits per heavy atom. The molecule has 0 aliphatic rings. The van der Waals surface area contributed by atoms with Crippen molar-refractivity contribution in [2.45, 2.75) is 26.2 Å². The third kappa shape index (κ3) is 6.64. The Morgan fingerprint density at radius 2 is 1.35 bits per heavy atom. The van der Waals surface area contributed by atoms with Crippen molar-refractivity contribution in [3.05, 3.63) is 181 Å². The summed E-state index contributed by atoms with van der Waals surface area (Å²) < 4.78 is 6.14. The molecule has 8 aromatic rings. The van der Waals surface area contributed by atoms with Crippen LogP contribution in [0.5, 0.6) is 0 Å². The van der Waals surface area contributed by atoms with Gasteiger partial charge in [-0.15, -0.1) is 54.1 Å². The summed E-state index contributed by atoms with van der Waals surface area (Å²) >= 11 is 0. The molecule has 0 bridgehead atoms. The summed E-state index contributed by atoms with van der Waals surface area (Å²) in [6.45, 7) is 6.58. The van der Waals surface area contributed by atoms with Crippen LogP contribution >= 0.6 is 0 Å². The van der Waals surface area contributed by atoms with Crippen LogP contribution in [0, 0.1) is 19.1 Å². The summed E-state index contributed by atoms with van der Waals surface area (Å²) in [7, 11) is 0. The van der Waals surface area contributed by atoms with Gasteiger partial charge in [-0.25, -0.2) is 0 Å². The van der Waals surface area contributed by atoms with E-state index in [2.05, 4.69) is 128 Å². The summed E-state index contributed by atoms with van der Waals surface area (Å²) in [6.07, 6.45) is 3.81. The third-order valence-electron chi connectivity index (χ3n) is 8.74. The molecule has 0 aliphatic heterocycles. The minimum atomic E-state index is -0.0479. The topological polar surface area (TPSA) is 38.9 Å². The molecule has 0 amide bonds. The van der Waals surface area contributed by atoms with Crippen LogP contribution in [0.2, 0.25) is 0 Å². The van der Waals surface area contributed by atoms with Crippen molar-refractivity contribution in [2.75, 3.05) is 0 Å². The van der Waals surface area contributed by atoms with E-state index in [9.17, 15) is 0 Å². The Hall–Kier alpha value is -5.15. The first-order chi connectivity index (χ1) is 23.0. The predicted octanol–water partition coefficient (Wildman–Crippen LogP) is 11.3. The standard InChI is InChI=1S/C24H16NO.C20H18N.Ir/c1-16-15-25-22(14-21(16)17-8-3-2-4-9-17)20-12-7-11-19-18-10-5-6-13-23(18)26-24(19)20;1-20(2,17-11-7-4-8-12-17)18-13-14-21-19(15-18)16-9-5-3-6-10-16;/h2-11,13-15H,1H3;3-9,11-15H,1-2H3;/q2*-1;. The van der Waals surface area contributed by atoms with Crippen molar-refractivity contribution >= 4 is 21.9 Å². The zero-order chi connectivity index (χ0) is 32.2. The average Bonchev–Trinajstić information content (AvgIpc) is 3.52. The van der Waals surface area contributed by atoms with Crippen LogP contribution in [0.15, 0.2) is 156 Å². The van der Waals surface area contributed by atoms with Crippen molar-refractivity contribution in [1.82, 2.24) is 9.97 Å². The maximum Gasteiger partial charge on any atom is 0.120 e. The second-order valence-corrected chi connectivity index (χ2v) is 12.1. The van der Waals surface area contributed by atoms with Gasteiger partial charge >= 0.3 is 0 Å². The van der Waals surface area contributed by atoms with Gasteiger partial charge in [0.05, 0.1) is 5.58 Å². The molecule has 0 N–H and O–H groups in total. The molecule has 0 aliphatic carbocycles. The SMILES string of the molecule is CC(C)(c1ccccc1)c1ccnc(-c2[c-]cccc2)c1.Cc1cnc(-c2[c-]ccc3c2oc2ccccc23)cc1-c1ccccc1.[Ir]. The molecular formula is C44H34IrN2O-2. The van der Waals surface area contributed by atoms with Gasteiger partial charge < -0.3 is 14.4 Å². The predicted molar refractivity (Wildman–Crippen MR) is 193 cm³/mol. The molecule has 0 atom stereocenters. The van der Waals surface area contributed by atoms with Crippen LogP contribution in [-0.4, -0.2) is 9.97 Å². The second-order valence-electron chi connectivity index (χ2n) is 12.1. The minimum absolute atomic E-state index is 0. The van der Waals surface area contributed by atoms with E-state index in [4.69, 9.17) is 4.42 Å². The molecule has 0 fully saturated rings. The summed E-state index contributed by atoms with van der Waals surface area (Å²) in [5, 5.41) is 2.21. The number of benzene rings is 5. The summed E-state index contributed by atoms with van der Waals surface area (Å²) in [5.74, 6) is 0. The van der Waals surface area contributed by atoms with Crippen LogP contribution in [0.4, 0.5) is 0 Å². The van der Waals surface area contributed by atoms with Gasteiger partial charge in [0.2, 0.25) is 0 Å². The number of hydrogen-bond donors (Lipinski definition) is 0. The van der Waals surface area contributed by atoms with Crippen LogP contribution in [0.1, 0.15) is 30.5 Å². The van der Waals surface area contributed by atoms with Crippen molar-refractivity contribution in [1.29, 1.82) is 0 Å². The van der Waals surface area contributed by atoms with Crippen molar-refractivity contribution in [2.24, 2.45) is 0 Å². The number of nitrogens with zero attached hydrogens (tertiary/aromatic N) is 2. The number of aryl methyl sites for hydroxylation is 1. The van der Waals surface area contributed by atoms with Gasteiger partial charge in [0.15, 0.2) is 0 Å². The zero-order valence-electron chi connectivity index (χ0n) is 27.1. The number of para-hydroxylation sites is 1. The number of pyridine rings is 2. The largest absolute Gasteiger partial charge is 0.501 e. The quantitative estimate of drug-likeness (QED) is 0.163. The maximum absolute atomic E-state index is 6.14. The smallest absolute Gasteiger partial charge is 0.120 e. The molecule has 3 aromatic heterocycles. The van der Waals surface area contributed by atoms with Crippen molar-refractivity contribution in [3.8, 4) is 33.6 Å². The summed E-state index contributed by atoms with van der Waals surface area (Å²) in [6, 6.07) is 54.0. The van der Waals surface area contributed by atoms with E-state index >= 15 is 0 Å². The monoisotopic (exact) mass is 799 g/mol. The fourth-order valence-electron chi connectivity index (χ4n) is 6.01. The Kier molecular flexibility index (Phi) is 9.77. The molecule has 3 nitrogen and oxygen atoms in total. The first-order valence-corrected chi connectivity index (χ1v) is 15.8. The maximum atomic E-state index is 6.14. The summed E-state index contributed by atoms with van der Waals surface area (Å²) in [5.41, 5.74) is 11.5. The van der Waals surface area contributed by atoms with Gasteiger partial charge in [-0.1, -0.05) is 116 Å². The van der Waals surface area contributed by atoms with Gasteiger partial charge in [0, 0.05) is 43.3 Å². The normalized spacial score (nSPS) is 11.1. The van der Waals surface area contributed by atoms with E-state index in [-0.39, 0.29) is 25.5 Å². The Balaban J connectivity index is 0.000000168. The van der Waals surface area contributed by atoms with Gasteiger partial charge in [0.1, 0.15) is 5.58 Å². The molecule has 0 saturated carbocycles. The van der Waals surface area contributed by atoms with E-state index in [1.54, 1.807) is 0 Å². The molecule has 5 aromatic carbocycles. The number of rotatable bonds is 5. The Morgan fingerprint density at radius 3 is 2.12 bits per heavy atom. The zero-order valence-corrected chi connectivity index (χ0v) is 29.5. The molecule has 0 saturated heterocycles. The van der Waals surface area contributed by atoms with E-state index < -0.39 is 0 Å². The molecular weight excluding hydrogens is 765 g/mol. The average molecular weight is 799 g/mol. The van der Waals surface area contributed by atoms with Gasteiger partial charge in [-0.05, 0) is 58.3 Å². The number of furan rings is 1. The molecule has 0 spiro atoms. The number of hydrogen-bond acceptors (Lipinski definition) is 3. The molecule has 8 rings (SSSR count). The number of aromatic nitrogens is 2.